The second kappa shape index (κ2) is 5.91. The molecular weight excluding hydrogens is 419 g/mol. The van der Waals surface area contributed by atoms with E-state index in [1.807, 2.05) is 37.3 Å². The minimum absolute atomic E-state index is 0.419. The third kappa shape index (κ3) is 2.91. The third-order valence-corrected chi connectivity index (χ3v) is 5.08. The molecule has 0 bridgehead atoms. The lowest BCUT2D eigenvalue weighted by molar-refractivity contribution is 0.549. The Labute approximate surface area is 143 Å². The van der Waals surface area contributed by atoms with Crippen LogP contribution in [0, 0.1) is 6.92 Å². The third-order valence-electron chi connectivity index (χ3n) is 3.00. The number of aromatic nitrogens is 2. The van der Waals surface area contributed by atoms with Crippen molar-refractivity contribution in [1.29, 1.82) is 0 Å². The summed E-state index contributed by atoms with van der Waals surface area (Å²) in [5.74, 6) is 1.00. The Kier molecular flexibility index (Phi) is 4.15. The van der Waals surface area contributed by atoms with Gasteiger partial charge in [0.05, 0.1) is 10.2 Å². The summed E-state index contributed by atoms with van der Waals surface area (Å²) in [5, 5.41) is 0.419. The largest absolute Gasteiger partial charge is 0.445 e. The average molecular weight is 429 g/mol. The van der Waals surface area contributed by atoms with Crippen molar-refractivity contribution in [3.05, 3.63) is 56.3 Å². The molecule has 0 fully saturated rings. The lowest BCUT2D eigenvalue weighted by atomic mass is 10.1. The molecule has 0 N–H and O–H groups in total. The lowest BCUT2D eigenvalue weighted by Crippen LogP contribution is -1.96. The zero-order valence-corrected chi connectivity index (χ0v) is 14.8. The molecule has 0 saturated heterocycles. The molecular formula is C15H9Br2ClN2O. The van der Waals surface area contributed by atoms with Crippen LogP contribution in [0.4, 0.5) is 0 Å². The van der Waals surface area contributed by atoms with Gasteiger partial charge in [0.15, 0.2) is 16.3 Å². The van der Waals surface area contributed by atoms with Crippen molar-refractivity contribution in [2.75, 3.05) is 0 Å². The van der Waals surface area contributed by atoms with E-state index in [-0.39, 0.29) is 0 Å². The van der Waals surface area contributed by atoms with Gasteiger partial charge in [-0.1, -0.05) is 41.9 Å². The molecule has 0 radical (unpaired) electrons. The highest BCUT2D eigenvalue weighted by molar-refractivity contribution is 9.13. The van der Waals surface area contributed by atoms with Gasteiger partial charge in [0, 0.05) is 17.2 Å². The zero-order valence-electron chi connectivity index (χ0n) is 10.9. The highest BCUT2D eigenvalue weighted by Crippen LogP contribution is 2.34. The van der Waals surface area contributed by atoms with Crippen molar-refractivity contribution < 1.29 is 4.42 Å². The molecule has 0 aliphatic rings. The van der Waals surface area contributed by atoms with E-state index >= 15 is 0 Å². The van der Waals surface area contributed by atoms with E-state index in [2.05, 4.69) is 41.8 Å². The van der Waals surface area contributed by atoms with E-state index in [0.29, 0.717) is 21.4 Å². The molecule has 2 aromatic heterocycles. The Morgan fingerprint density at radius 2 is 1.81 bits per heavy atom. The van der Waals surface area contributed by atoms with Crippen LogP contribution in [0.5, 0.6) is 0 Å². The summed E-state index contributed by atoms with van der Waals surface area (Å²) in [4.78, 5) is 8.90. The molecule has 0 amide bonds. The van der Waals surface area contributed by atoms with Crippen LogP contribution in [-0.4, -0.2) is 9.97 Å². The number of hydrogen-bond donors (Lipinski definition) is 0. The Morgan fingerprint density at radius 1 is 1.10 bits per heavy atom. The predicted molar refractivity (Wildman–Crippen MR) is 90.3 cm³/mol. The maximum atomic E-state index is 6.25. The van der Waals surface area contributed by atoms with Crippen LogP contribution in [-0.2, 0) is 0 Å². The number of benzene rings is 1. The fourth-order valence-corrected chi connectivity index (χ4v) is 2.68. The number of hydrogen-bond acceptors (Lipinski definition) is 3. The highest BCUT2D eigenvalue weighted by atomic mass is 79.9. The standard InChI is InChI=1S/C15H9Br2ClN2O/c1-8-12(9-5-3-2-4-6-9)19-15(20-14(8)18)11-7-10(16)13(17)21-11/h2-7H,1H3. The first kappa shape index (κ1) is 14.8. The number of halogens is 3. The molecule has 0 saturated carbocycles. The maximum absolute atomic E-state index is 6.25. The summed E-state index contributed by atoms with van der Waals surface area (Å²) in [7, 11) is 0. The Balaban J connectivity index is 2.18. The molecule has 0 spiro atoms. The van der Waals surface area contributed by atoms with Gasteiger partial charge in [0.1, 0.15) is 5.15 Å². The second-order valence-electron chi connectivity index (χ2n) is 4.41. The molecule has 0 atom stereocenters. The second-order valence-corrected chi connectivity index (χ2v) is 6.34. The van der Waals surface area contributed by atoms with Crippen molar-refractivity contribution in [2.24, 2.45) is 0 Å². The Bertz CT molecular complexity index is 783. The summed E-state index contributed by atoms with van der Waals surface area (Å²) < 4.78 is 6.97. The van der Waals surface area contributed by atoms with Gasteiger partial charge in [0.2, 0.25) is 0 Å². The first-order valence-electron chi connectivity index (χ1n) is 6.11. The lowest BCUT2D eigenvalue weighted by Gasteiger charge is -2.08. The molecule has 2 heterocycles. The van der Waals surface area contributed by atoms with Crippen LogP contribution < -0.4 is 0 Å². The molecule has 0 aliphatic carbocycles. The van der Waals surface area contributed by atoms with E-state index in [1.165, 1.54) is 0 Å². The van der Waals surface area contributed by atoms with Crippen LogP contribution in [0.3, 0.4) is 0 Å². The van der Waals surface area contributed by atoms with Crippen LogP contribution in [0.15, 0.2) is 50.0 Å². The van der Waals surface area contributed by atoms with Gasteiger partial charge in [-0.05, 0) is 38.8 Å². The fourth-order valence-electron chi connectivity index (χ4n) is 1.93. The molecule has 3 aromatic rings. The molecule has 3 nitrogen and oxygen atoms in total. The average Bonchev–Trinajstić information content (AvgIpc) is 2.82. The summed E-state index contributed by atoms with van der Waals surface area (Å²) in [6, 6.07) is 11.7. The van der Waals surface area contributed by atoms with E-state index in [0.717, 1.165) is 21.3 Å². The van der Waals surface area contributed by atoms with Crippen molar-refractivity contribution in [3.63, 3.8) is 0 Å². The topological polar surface area (TPSA) is 38.9 Å². The normalized spacial score (nSPS) is 10.9. The monoisotopic (exact) mass is 426 g/mol. The van der Waals surface area contributed by atoms with Gasteiger partial charge in [0.25, 0.3) is 0 Å². The van der Waals surface area contributed by atoms with Crippen LogP contribution in [0.2, 0.25) is 5.15 Å². The van der Waals surface area contributed by atoms with Gasteiger partial charge >= 0.3 is 0 Å². The molecule has 6 heteroatoms. The molecule has 3 rings (SSSR count). The molecule has 1 aromatic carbocycles. The van der Waals surface area contributed by atoms with Gasteiger partial charge in [-0.3, -0.25) is 0 Å². The smallest absolute Gasteiger partial charge is 0.197 e. The summed E-state index contributed by atoms with van der Waals surface area (Å²) >= 11 is 12.9. The number of rotatable bonds is 2. The van der Waals surface area contributed by atoms with Gasteiger partial charge in [-0.2, -0.15) is 0 Å². The first-order chi connectivity index (χ1) is 10.1. The van der Waals surface area contributed by atoms with E-state index in [9.17, 15) is 0 Å². The highest BCUT2D eigenvalue weighted by Gasteiger charge is 2.16. The van der Waals surface area contributed by atoms with Crippen LogP contribution in [0.1, 0.15) is 5.56 Å². The van der Waals surface area contributed by atoms with E-state index in [1.54, 1.807) is 6.07 Å². The summed E-state index contributed by atoms with van der Waals surface area (Å²) in [6.45, 7) is 1.91. The van der Waals surface area contributed by atoms with Gasteiger partial charge < -0.3 is 4.42 Å². The number of nitrogens with zero attached hydrogens (tertiary/aromatic N) is 2. The summed E-state index contributed by atoms with van der Waals surface area (Å²) in [5.41, 5.74) is 2.63. The maximum Gasteiger partial charge on any atom is 0.197 e. The van der Waals surface area contributed by atoms with Crippen molar-refractivity contribution in [1.82, 2.24) is 9.97 Å². The SMILES string of the molecule is Cc1c(Cl)nc(-c2cc(Br)c(Br)o2)nc1-c1ccccc1. The number of furan rings is 1. The quantitative estimate of drug-likeness (QED) is 0.478. The van der Waals surface area contributed by atoms with Crippen molar-refractivity contribution in [2.45, 2.75) is 6.92 Å². The fraction of sp³-hybridized carbons (Fsp3) is 0.0667. The van der Waals surface area contributed by atoms with Crippen molar-refractivity contribution >= 4 is 43.5 Å². The van der Waals surface area contributed by atoms with E-state index in [4.69, 9.17) is 16.0 Å². The Morgan fingerprint density at radius 3 is 2.43 bits per heavy atom. The zero-order chi connectivity index (χ0) is 15.0. The minimum atomic E-state index is 0.419. The van der Waals surface area contributed by atoms with Gasteiger partial charge in [-0.25, -0.2) is 9.97 Å². The molecule has 0 aliphatic heterocycles. The Hall–Kier alpha value is -1.17. The predicted octanol–water partition coefficient (Wildman–Crippen LogP) is 5.89. The molecule has 106 valence electrons. The molecule has 21 heavy (non-hydrogen) atoms. The first-order valence-corrected chi connectivity index (χ1v) is 8.07. The van der Waals surface area contributed by atoms with E-state index < -0.39 is 0 Å². The van der Waals surface area contributed by atoms with Crippen LogP contribution in [0.25, 0.3) is 22.8 Å². The summed E-state index contributed by atoms with van der Waals surface area (Å²) in [6.07, 6.45) is 0. The van der Waals surface area contributed by atoms with Gasteiger partial charge in [-0.15, -0.1) is 0 Å². The van der Waals surface area contributed by atoms with Crippen LogP contribution >= 0.6 is 43.5 Å². The molecule has 0 unspecified atom stereocenters. The van der Waals surface area contributed by atoms with Crippen molar-refractivity contribution in [3.8, 4) is 22.8 Å². The minimum Gasteiger partial charge on any atom is -0.445 e.